The number of nitrogens with one attached hydrogen (secondary N) is 2. The second-order valence-electron chi connectivity index (χ2n) is 5.26. The molecule has 0 aliphatic rings. The third-order valence-corrected chi connectivity index (χ3v) is 11.1. The zero-order chi connectivity index (χ0) is 17.4. The van der Waals surface area contributed by atoms with E-state index in [0.717, 1.165) is 40.8 Å². The maximum absolute atomic E-state index is 12.9. The molecule has 2 rings (SSSR count). The van der Waals surface area contributed by atoms with E-state index in [9.17, 15) is 9.36 Å². The molecule has 130 valence electrons. The summed E-state index contributed by atoms with van der Waals surface area (Å²) >= 11 is 2.71. The van der Waals surface area contributed by atoms with Crippen molar-refractivity contribution in [3.63, 3.8) is 0 Å². The van der Waals surface area contributed by atoms with Gasteiger partial charge in [0, 0.05) is 16.9 Å². The van der Waals surface area contributed by atoms with Crippen LogP contribution < -0.4 is 10.4 Å². The number of carbonyl (C=O) groups is 1. The number of hydrogen-bond donors (Lipinski definition) is 2. The SMILES string of the molecule is CCCSP(=O)(NC(=O)Nc1cccc2ccccc12)SCCC. The summed E-state index contributed by atoms with van der Waals surface area (Å²) in [5.41, 5.74) is -2.11. The molecule has 2 N–H and O–H groups in total. The number of rotatable bonds is 8. The van der Waals surface area contributed by atoms with Gasteiger partial charge in [-0.3, -0.25) is 9.65 Å². The van der Waals surface area contributed by atoms with Gasteiger partial charge in [0.1, 0.15) is 0 Å². The van der Waals surface area contributed by atoms with Crippen LogP contribution in [0.1, 0.15) is 26.7 Å². The minimum absolute atomic E-state index is 0.415. The van der Waals surface area contributed by atoms with Crippen molar-refractivity contribution < 1.29 is 9.36 Å². The number of anilines is 1. The van der Waals surface area contributed by atoms with E-state index in [2.05, 4.69) is 10.4 Å². The fourth-order valence-corrected chi connectivity index (χ4v) is 9.15. The maximum atomic E-state index is 12.9. The molecule has 0 aliphatic heterocycles. The summed E-state index contributed by atoms with van der Waals surface area (Å²) in [7, 11) is 0. The van der Waals surface area contributed by atoms with Crippen molar-refractivity contribution in [2.24, 2.45) is 0 Å². The second kappa shape index (κ2) is 9.40. The number of carbonyl (C=O) groups excluding carboxylic acids is 1. The maximum Gasteiger partial charge on any atom is 0.325 e. The van der Waals surface area contributed by atoms with Crippen LogP contribution in [0.2, 0.25) is 0 Å². The Morgan fingerprint density at radius 2 is 1.62 bits per heavy atom. The molecule has 2 amide bonds. The Bertz CT molecular complexity index is 722. The van der Waals surface area contributed by atoms with Crippen LogP contribution in [0.5, 0.6) is 0 Å². The molecule has 4 nitrogen and oxygen atoms in total. The van der Waals surface area contributed by atoms with Gasteiger partial charge >= 0.3 is 6.03 Å². The lowest BCUT2D eigenvalue weighted by molar-refractivity contribution is 0.256. The van der Waals surface area contributed by atoms with E-state index < -0.39 is 11.7 Å². The van der Waals surface area contributed by atoms with Crippen molar-refractivity contribution in [3.05, 3.63) is 42.5 Å². The summed E-state index contributed by atoms with van der Waals surface area (Å²) in [4.78, 5) is 12.4. The summed E-state index contributed by atoms with van der Waals surface area (Å²) in [5.74, 6) is 1.53. The van der Waals surface area contributed by atoms with Gasteiger partial charge in [0.2, 0.25) is 0 Å². The summed E-state index contributed by atoms with van der Waals surface area (Å²) in [5, 5.41) is 7.57. The van der Waals surface area contributed by atoms with Crippen LogP contribution in [-0.2, 0) is 4.57 Å². The number of hydrogen-bond acceptors (Lipinski definition) is 4. The molecule has 0 atom stereocenters. The molecular formula is C17H23N2O2PS2. The van der Waals surface area contributed by atoms with Crippen molar-refractivity contribution in [1.29, 1.82) is 0 Å². The molecule has 0 spiro atoms. The van der Waals surface area contributed by atoms with Crippen LogP contribution in [0.15, 0.2) is 42.5 Å². The van der Waals surface area contributed by atoms with E-state index in [1.807, 2.05) is 56.3 Å². The van der Waals surface area contributed by atoms with Gasteiger partial charge < -0.3 is 5.32 Å². The van der Waals surface area contributed by atoms with Gasteiger partial charge in [-0.05, 0) is 24.3 Å². The minimum atomic E-state index is -2.83. The summed E-state index contributed by atoms with van der Waals surface area (Å²) in [6, 6.07) is 13.2. The lowest BCUT2D eigenvalue weighted by Gasteiger charge is -2.18. The Hall–Kier alpha value is -1.10. The Morgan fingerprint density at radius 1 is 1.00 bits per heavy atom. The molecule has 0 unspecified atom stereocenters. The quantitative estimate of drug-likeness (QED) is 0.522. The first-order chi connectivity index (χ1) is 11.6. The van der Waals surface area contributed by atoms with Crippen molar-refractivity contribution in [2.75, 3.05) is 16.8 Å². The molecule has 2 aromatic carbocycles. The first-order valence-corrected chi connectivity index (χ1v) is 12.9. The van der Waals surface area contributed by atoms with Crippen molar-refractivity contribution in [3.8, 4) is 0 Å². The summed E-state index contributed by atoms with van der Waals surface area (Å²) in [6.45, 7) is 4.08. The predicted molar refractivity (Wildman–Crippen MR) is 109 cm³/mol. The first-order valence-electron chi connectivity index (χ1n) is 8.04. The van der Waals surface area contributed by atoms with E-state index in [1.54, 1.807) is 0 Å². The van der Waals surface area contributed by atoms with Gasteiger partial charge in [0.05, 0.1) is 5.69 Å². The normalized spacial score (nSPS) is 11.4. The third-order valence-electron chi connectivity index (χ3n) is 3.21. The lowest BCUT2D eigenvalue weighted by atomic mass is 10.1. The second-order valence-corrected chi connectivity index (χ2v) is 13.1. The van der Waals surface area contributed by atoms with Crippen LogP contribution in [0.4, 0.5) is 10.5 Å². The fourth-order valence-electron chi connectivity index (χ4n) is 2.13. The van der Waals surface area contributed by atoms with Crippen LogP contribution in [0, 0.1) is 0 Å². The molecular weight excluding hydrogens is 359 g/mol. The molecule has 7 heteroatoms. The van der Waals surface area contributed by atoms with Crippen LogP contribution in [0.3, 0.4) is 0 Å². The highest BCUT2D eigenvalue weighted by atomic mass is 33.1. The monoisotopic (exact) mass is 382 g/mol. The molecule has 0 aliphatic carbocycles. The number of amides is 2. The van der Waals surface area contributed by atoms with E-state index in [4.69, 9.17) is 0 Å². The Balaban J connectivity index is 2.10. The van der Waals surface area contributed by atoms with E-state index in [1.165, 1.54) is 22.8 Å². The van der Waals surface area contributed by atoms with Gasteiger partial charge in [-0.15, -0.1) is 0 Å². The molecule has 0 bridgehead atoms. The third kappa shape index (κ3) is 5.47. The highest BCUT2D eigenvalue weighted by Gasteiger charge is 2.25. The molecule has 0 saturated carbocycles. The number of benzene rings is 2. The van der Waals surface area contributed by atoms with Crippen LogP contribution in [-0.4, -0.2) is 17.5 Å². The van der Waals surface area contributed by atoms with Crippen molar-refractivity contribution in [1.82, 2.24) is 5.09 Å². The highest BCUT2D eigenvalue weighted by Crippen LogP contribution is 2.65. The largest absolute Gasteiger partial charge is 0.325 e. The van der Waals surface area contributed by atoms with Gasteiger partial charge in [0.15, 0.2) is 0 Å². The van der Waals surface area contributed by atoms with Gasteiger partial charge in [-0.25, -0.2) is 4.79 Å². The van der Waals surface area contributed by atoms with E-state index >= 15 is 0 Å². The molecule has 0 saturated heterocycles. The fraction of sp³-hybridized carbons (Fsp3) is 0.353. The Kier molecular flexibility index (Phi) is 7.53. The zero-order valence-electron chi connectivity index (χ0n) is 14.0. The smallest absolute Gasteiger partial charge is 0.307 e. The van der Waals surface area contributed by atoms with E-state index in [0.29, 0.717) is 0 Å². The Labute approximate surface area is 151 Å². The average molecular weight is 382 g/mol. The first kappa shape index (κ1) is 19.2. The average Bonchev–Trinajstić information content (AvgIpc) is 2.58. The van der Waals surface area contributed by atoms with Gasteiger partial charge in [-0.1, -0.05) is 73.0 Å². The number of fused-ring (bicyclic) bond motifs is 1. The molecule has 24 heavy (non-hydrogen) atoms. The minimum Gasteiger partial charge on any atom is -0.307 e. The van der Waals surface area contributed by atoms with Crippen molar-refractivity contribution in [2.45, 2.75) is 26.7 Å². The topological polar surface area (TPSA) is 58.2 Å². The molecule has 0 heterocycles. The standard InChI is InChI=1S/C17H23N2O2PS2/c1-3-12-23-22(21,24-13-4-2)19-17(20)18-16-11-7-9-14-8-5-6-10-15(14)16/h5-11H,3-4,12-13H2,1-2H3,(H2,18,19,20,21). The summed E-state index contributed by atoms with van der Waals surface area (Å²) in [6.07, 6.45) is 1.85. The zero-order valence-corrected chi connectivity index (χ0v) is 16.5. The summed E-state index contributed by atoms with van der Waals surface area (Å²) < 4.78 is 12.9. The Morgan fingerprint density at radius 3 is 2.29 bits per heavy atom. The molecule has 0 aromatic heterocycles. The van der Waals surface area contributed by atoms with Gasteiger partial charge in [-0.2, -0.15) is 0 Å². The van der Waals surface area contributed by atoms with Crippen LogP contribution >= 0.6 is 28.5 Å². The van der Waals surface area contributed by atoms with Crippen molar-refractivity contribution >= 4 is 51.0 Å². The highest BCUT2D eigenvalue weighted by molar-refractivity contribution is 8.90. The lowest BCUT2D eigenvalue weighted by Crippen LogP contribution is -2.24. The predicted octanol–water partition coefficient (Wildman–Crippen LogP) is 6.36. The van der Waals surface area contributed by atoms with Gasteiger partial charge in [0.25, 0.3) is 5.70 Å². The van der Waals surface area contributed by atoms with E-state index in [-0.39, 0.29) is 0 Å². The molecule has 2 aromatic rings. The number of urea groups is 1. The molecule has 0 fully saturated rings. The van der Waals surface area contributed by atoms with Crippen LogP contribution in [0.25, 0.3) is 10.8 Å². The molecule has 0 radical (unpaired) electrons.